The summed E-state index contributed by atoms with van der Waals surface area (Å²) >= 11 is 1.52. The number of thiazole rings is 1. The number of anilines is 2. The summed E-state index contributed by atoms with van der Waals surface area (Å²) in [6.07, 6.45) is 5.19. The van der Waals surface area contributed by atoms with Gasteiger partial charge in [0.2, 0.25) is 0 Å². The average molecular weight is 517 g/mol. The van der Waals surface area contributed by atoms with Gasteiger partial charge in [0, 0.05) is 31.1 Å². The van der Waals surface area contributed by atoms with Crippen LogP contribution in [0.1, 0.15) is 37.9 Å². The molecule has 3 aromatic rings. The quantitative estimate of drug-likeness (QED) is 0.422. The van der Waals surface area contributed by atoms with Crippen molar-refractivity contribution in [1.29, 1.82) is 0 Å². The van der Waals surface area contributed by atoms with E-state index in [1.165, 1.54) is 18.4 Å². The largest absolute Gasteiger partial charge is 0.495 e. The molecule has 4 rings (SSSR count). The second kappa shape index (κ2) is 10.1. The van der Waals surface area contributed by atoms with E-state index in [0.29, 0.717) is 11.6 Å². The van der Waals surface area contributed by atoms with Gasteiger partial charge in [0.15, 0.2) is 5.13 Å². The molecule has 8 nitrogen and oxygen atoms in total. The molecule has 0 saturated carbocycles. The zero-order valence-corrected chi connectivity index (χ0v) is 22.3. The van der Waals surface area contributed by atoms with E-state index in [0.717, 1.165) is 52.9 Å². The van der Waals surface area contributed by atoms with Crippen molar-refractivity contribution in [3.8, 4) is 16.2 Å². The van der Waals surface area contributed by atoms with E-state index in [4.69, 9.17) is 14.5 Å². The maximum Gasteiger partial charge on any atom is 0.265 e. The van der Waals surface area contributed by atoms with Gasteiger partial charge in [-0.25, -0.2) is 13.4 Å². The number of hydrogen-bond donors (Lipinski definition) is 2. The van der Waals surface area contributed by atoms with Crippen molar-refractivity contribution >= 4 is 32.2 Å². The van der Waals surface area contributed by atoms with Crippen molar-refractivity contribution in [3.05, 3.63) is 47.9 Å². The van der Waals surface area contributed by atoms with E-state index in [1.807, 2.05) is 13.0 Å². The highest BCUT2D eigenvalue weighted by Gasteiger charge is 2.32. The molecule has 1 aliphatic heterocycles. The smallest absolute Gasteiger partial charge is 0.265 e. The Bertz CT molecular complexity index is 1300. The highest BCUT2D eigenvalue weighted by molar-refractivity contribution is 7.92. The molecule has 1 saturated heterocycles. The van der Waals surface area contributed by atoms with Gasteiger partial charge < -0.3 is 14.8 Å². The van der Waals surface area contributed by atoms with Crippen molar-refractivity contribution in [3.63, 3.8) is 0 Å². The fraction of sp³-hybridized carbons (Fsp3) is 0.440. The third kappa shape index (κ3) is 5.60. The summed E-state index contributed by atoms with van der Waals surface area (Å²) in [5.74, 6) is 0.762. The first-order valence-electron chi connectivity index (χ1n) is 11.6. The van der Waals surface area contributed by atoms with Crippen LogP contribution < -0.4 is 14.8 Å². The number of benzene rings is 1. The number of pyridine rings is 1. The Morgan fingerprint density at radius 2 is 1.91 bits per heavy atom. The first-order chi connectivity index (χ1) is 16.6. The third-order valence-electron chi connectivity index (χ3n) is 6.45. The van der Waals surface area contributed by atoms with Crippen molar-refractivity contribution in [2.24, 2.45) is 5.92 Å². The molecule has 0 atom stereocenters. The summed E-state index contributed by atoms with van der Waals surface area (Å²) in [7, 11) is -2.44. The molecule has 1 fully saturated rings. The van der Waals surface area contributed by atoms with Gasteiger partial charge in [-0.2, -0.15) is 0 Å². The molecule has 2 N–H and O–H groups in total. The molecule has 0 bridgehead atoms. The van der Waals surface area contributed by atoms with Crippen LogP contribution in [0.25, 0.3) is 10.4 Å². The SMILES string of the molecule is COc1ccc(-c2sc(NC(C)(C)C3CCOCC3)nc2C)cc1S(=O)(=O)Nc1ccncc1C. The van der Waals surface area contributed by atoms with Gasteiger partial charge >= 0.3 is 0 Å². The number of nitrogens with one attached hydrogen (secondary N) is 2. The molecule has 0 aliphatic carbocycles. The number of methoxy groups -OCH3 is 1. The highest BCUT2D eigenvalue weighted by atomic mass is 32.2. The molecule has 2 aromatic heterocycles. The summed E-state index contributed by atoms with van der Waals surface area (Å²) in [6.45, 7) is 9.71. The molecule has 0 radical (unpaired) electrons. The van der Waals surface area contributed by atoms with Gasteiger partial charge in [-0.05, 0) is 81.8 Å². The zero-order chi connectivity index (χ0) is 25.2. The number of aromatic nitrogens is 2. The third-order valence-corrected chi connectivity index (χ3v) is 8.96. The second-order valence-electron chi connectivity index (χ2n) is 9.33. The van der Waals surface area contributed by atoms with Crippen LogP contribution in [0.5, 0.6) is 5.75 Å². The normalized spacial score (nSPS) is 15.1. The van der Waals surface area contributed by atoms with Gasteiger partial charge in [-0.3, -0.25) is 9.71 Å². The minimum absolute atomic E-state index is 0.0681. The van der Waals surface area contributed by atoms with Crippen LogP contribution in [-0.4, -0.2) is 44.2 Å². The van der Waals surface area contributed by atoms with Crippen LogP contribution in [0.2, 0.25) is 0 Å². The number of nitrogens with zero attached hydrogens (tertiary/aromatic N) is 2. The van der Waals surface area contributed by atoms with Crippen LogP contribution in [0, 0.1) is 19.8 Å². The lowest BCUT2D eigenvalue weighted by atomic mass is 9.82. The van der Waals surface area contributed by atoms with E-state index in [2.05, 4.69) is 28.9 Å². The molecule has 0 spiro atoms. The van der Waals surface area contributed by atoms with Gasteiger partial charge in [0.1, 0.15) is 10.6 Å². The van der Waals surface area contributed by atoms with Gasteiger partial charge in [0.05, 0.1) is 23.4 Å². The van der Waals surface area contributed by atoms with Gasteiger partial charge in [0.25, 0.3) is 10.0 Å². The van der Waals surface area contributed by atoms with Crippen LogP contribution in [0.15, 0.2) is 41.6 Å². The second-order valence-corrected chi connectivity index (χ2v) is 12.0. The lowest BCUT2D eigenvalue weighted by molar-refractivity contribution is 0.0491. The molecular formula is C25H32N4O4S2. The van der Waals surface area contributed by atoms with E-state index in [9.17, 15) is 8.42 Å². The monoisotopic (exact) mass is 516 g/mol. The zero-order valence-electron chi connectivity index (χ0n) is 20.7. The van der Waals surface area contributed by atoms with Gasteiger partial charge in [-0.15, -0.1) is 0 Å². The first-order valence-corrected chi connectivity index (χ1v) is 13.9. The Balaban J connectivity index is 1.64. The van der Waals surface area contributed by atoms with Crippen LogP contribution in [0.4, 0.5) is 10.8 Å². The Kier molecular flexibility index (Phi) is 7.35. The summed E-state index contributed by atoms with van der Waals surface area (Å²) in [5, 5.41) is 4.44. The van der Waals surface area contributed by atoms with Crippen molar-refractivity contribution in [2.75, 3.05) is 30.4 Å². The van der Waals surface area contributed by atoms with E-state index >= 15 is 0 Å². The van der Waals surface area contributed by atoms with E-state index in [-0.39, 0.29) is 16.2 Å². The molecule has 35 heavy (non-hydrogen) atoms. The van der Waals surface area contributed by atoms with Crippen molar-refractivity contribution < 1.29 is 17.9 Å². The van der Waals surface area contributed by atoms with Crippen LogP contribution in [0.3, 0.4) is 0 Å². The minimum atomic E-state index is -3.90. The molecule has 3 heterocycles. The summed E-state index contributed by atoms with van der Waals surface area (Å²) < 4.78 is 40.2. The highest BCUT2D eigenvalue weighted by Crippen LogP contribution is 2.39. The number of hydrogen-bond acceptors (Lipinski definition) is 8. The summed E-state index contributed by atoms with van der Waals surface area (Å²) in [6, 6.07) is 6.82. The van der Waals surface area contributed by atoms with Crippen molar-refractivity contribution in [2.45, 2.75) is 51.0 Å². The van der Waals surface area contributed by atoms with Crippen LogP contribution in [-0.2, 0) is 14.8 Å². The number of rotatable bonds is 8. The van der Waals surface area contributed by atoms with Gasteiger partial charge in [-0.1, -0.05) is 11.3 Å². The standard InChI is InChI=1S/C25H32N4O4S2/c1-16-15-26-11-8-20(16)29-35(30,31)22-14-18(6-7-21(22)32-5)23-17(2)27-24(34-23)28-25(3,4)19-9-12-33-13-10-19/h6-8,11,14-15,19H,9-10,12-13H2,1-5H3,(H,26,29)(H,27,28). The number of aryl methyl sites for hydroxylation is 2. The summed E-state index contributed by atoms with van der Waals surface area (Å²) in [4.78, 5) is 9.76. The molecular weight excluding hydrogens is 484 g/mol. The van der Waals surface area contributed by atoms with Crippen molar-refractivity contribution in [1.82, 2.24) is 9.97 Å². The minimum Gasteiger partial charge on any atom is -0.495 e. The topological polar surface area (TPSA) is 102 Å². The molecule has 188 valence electrons. The lowest BCUT2D eigenvalue weighted by Crippen LogP contribution is -2.42. The Morgan fingerprint density at radius 1 is 1.17 bits per heavy atom. The fourth-order valence-corrected chi connectivity index (χ4v) is 6.79. The fourth-order valence-electron chi connectivity index (χ4n) is 4.33. The Labute approximate surface area is 211 Å². The molecule has 0 amide bonds. The average Bonchev–Trinajstić information content (AvgIpc) is 3.19. The van der Waals surface area contributed by atoms with Crippen LogP contribution >= 0.6 is 11.3 Å². The molecule has 10 heteroatoms. The number of ether oxygens (including phenoxy) is 2. The maximum absolute atomic E-state index is 13.3. The summed E-state index contributed by atoms with van der Waals surface area (Å²) in [5.41, 5.74) is 2.68. The molecule has 1 aromatic carbocycles. The predicted molar refractivity (Wildman–Crippen MR) is 140 cm³/mol. The Hall–Kier alpha value is -2.69. The predicted octanol–water partition coefficient (Wildman–Crippen LogP) is 5.25. The maximum atomic E-state index is 13.3. The first kappa shape index (κ1) is 25.4. The van der Waals surface area contributed by atoms with E-state index in [1.54, 1.807) is 37.5 Å². The Morgan fingerprint density at radius 3 is 2.60 bits per heavy atom. The van der Waals surface area contributed by atoms with E-state index < -0.39 is 10.0 Å². The number of sulfonamides is 1. The molecule has 1 aliphatic rings. The lowest BCUT2D eigenvalue weighted by Gasteiger charge is -2.37. The molecule has 0 unspecified atom stereocenters.